The Hall–Kier alpha value is -1.89. The van der Waals surface area contributed by atoms with E-state index in [1.165, 1.54) is 13.0 Å². The highest BCUT2D eigenvalue weighted by atomic mass is 16.4. The number of fused-ring (bicyclic) bond motifs is 1. The van der Waals surface area contributed by atoms with Crippen molar-refractivity contribution in [2.45, 2.75) is 19.4 Å². The number of hydrogen-bond acceptors (Lipinski definition) is 4. The molecule has 1 saturated heterocycles. The summed E-state index contributed by atoms with van der Waals surface area (Å²) in [7, 11) is 0. The first-order chi connectivity index (χ1) is 8.43. The predicted octanol–water partition coefficient (Wildman–Crippen LogP) is -1.02. The molecule has 0 saturated carbocycles. The van der Waals surface area contributed by atoms with Gasteiger partial charge in [0.15, 0.2) is 6.04 Å². The van der Waals surface area contributed by atoms with Gasteiger partial charge in [0.1, 0.15) is 5.41 Å². The molecule has 0 bridgehead atoms. The van der Waals surface area contributed by atoms with Gasteiger partial charge in [0, 0.05) is 6.61 Å². The lowest BCUT2D eigenvalue weighted by atomic mass is 9.86. The van der Waals surface area contributed by atoms with Gasteiger partial charge in [-0.2, -0.15) is 0 Å². The van der Waals surface area contributed by atoms with Gasteiger partial charge in [-0.05, 0) is 13.3 Å². The zero-order valence-electron chi connectivity index (χ0n) is 9.87. The Morgan fingerprint density at radius 3 is 2.72 bits per heavy atom. The van der Waals surface area contributed by atoms with Gasteiger partial charge in [-0.1, -0.05) is 12.2 Å². The molecule has 2 heterocycles. The summed E-state index contributed by atoms with van der Waals surface area (Å²) < 4.78 is 0. The molecule has 2 aliphatic rings. The summed E-state index contributed by atoms with van der Waals surface area (Å²) in [5.74, 6) is -2.22. The summed E-state index contributed by atoms with van der Waals surface area (Å²) in [4.78, 5) is 35.5. The minimum absolute atomic E-state index is 0.00991. The molecule has 0 aliphatic carbocycles. The third kappa shape index (κ3) is 1.51. The fraction of sp³-hybridized carbons (Fsp3) is 0.545. The van der Waals surface area contributed by atoms with Crippen molar-refractivity contribution in [1.29, 1.82) is 0 Å². The molecule has 0 aromatic carbocycles. The van der Waals surface area contributed by atoms with Crippen molar-refractivity contribution in [3.63, 3.8) is 0 Å². The molecule has 1 fully saturated rings. The van der Waals surface area contributed by atoms with E-state index in [0.717, 1.165) is 10.0 Å². The van der Waals surface area contributed by atoms with Crippen LogP contribution < -0.4 is 0 Å². The van der Waals surface area contributed by atoms with Gasteiger partial charge in [0.2, 0.25) is 0 Å². The minimum Gasteiger partial charge on any atom is -0.479 e. The first-order valence-electron chi connectivity index (χ1n) is 5.59. The number of carbonyl (C=O) groups is 3. The zero-order chi connectivity index (χ0) is 13.5. The van der Waals surface area contributed by atoms with Crippen molar-refractivity contribution in [3.05, 3.63) is 12.2 Å². The number of aliphatic carboxylic acids is 1. The molecule has 2 rings (SSSR count). The molecule has 2 amide bonds. The van der Waals surface area contributed by atoms with Gasteiger partial charge in [0.25, 0.3) is 11.8 Å². The topological polar surface area (TPSA) is 98.2 Å². The maximum Gasteiger partial charge on any atom is 0.332 e. The summed E-state index contributed by atoms with van der Waals surface area (Å²) >= 11 is 0. The van der Waals surface area contributed by atoms with Gasteiger partial charge in [-0.3, -0.25) is 9.59 Å². The monoisotopic (exact) mass is 254 g/mol. The van der Waals surface area contributed by atoms with Crippen molar-refractivity contribution in [3.8, 4) is 0 Å². The molecular weight excluding hydrogens is 240 g/mol. The van der Waals surface area contributed by atoms with Crippen LogP contribution in [0.1, 0.15) is 13.3 Å². The number of hydrogen-bond donors (Lipinski definition) is 2. The third-order valence-electron chi connectivity index (χ3n) is 3.37. The quantitative estimate of drug-likeness (QED) is 0.496. The Kier molecular flexibility index (Phi) is 2.86. The van der Waals surface area contributed by atoms with E-state index in [9.17, 15) is 14.4 Å². The zero-order valence-corrected chi connectivity index (χ0v) is 9.87. The lowest BCUT2D eigenvalue weighted by Crippen LogP contribution is -2.52. The fourth-order valence-corrected chi connectivity index (χ4v) is 2.28. The van der Waals surface area contributed by atoms with Crippen LogP contribution in [0.25, 0.3) is 0 Å². The molecule has 2 aliphatic heterocycles. The molecule has 18 heavy (non-hydrogen) atoms. The molecule has 0 aromatic heterocycles. The number of rotatable bonds is 3. The van der Waals surface area contributed by atoms with Gasteiger partial charge in [-0.25, -0.2) is 14.8 Å². The molecule has 0 aromatic rings. The highest BCUT2D eigenvalue weighted by Gasteiger charge is 2.57. The summed E-state index contributed by atoms with van der Waals surface area (Å²) in [5, 5.41) is 20.1. The number of carboxylic acids is 1. The Morgan fingerprint density at radius 1 is 1.50 bits per heavy atom. The van der Waals surface area contributed by atoms with E-state index in [1.54, 1.807) is 6.08 Å². The summed E-state index contributed by atoms with van der Waals surface area (Å²) in [6.07, 6.45) is 2.92. The van der Waals surface area contributed by atoms with Crippen molar-refractivity contribution in [2.24, 2.45) is 5.41 Å². The number of hydrazine groups is 1. The highest BCUT2D eigenvalue weighted by molar-refractivity contribution is 6.10. The van der Waals surface area contributed by atoms with Crippen LogP contribution in [0.5, 0.6) is 0 Å². The number of aliphatic hydroxyl groups is 1. The summed E-state index contributed by atoms with van der Waals surface area (Å²) in [6, 6.07) is -1.16. The van der Waals surface area contributed by atoms with Crippen molar-refractivity contribution in [1.82, 2.24) is 10.0 Å². The summed E-state index contributed by atoms with van der Waals surface area (Å²) in [5.41, 5.74) is -1.37. The van der Waals surface area contributed by atoms with Crippen LogP contribution in [0.2, 0.25) is 0 Å². The Balaban J connectivity index is 2.41. The normalized spacial score (nSPS) is 30.9. The van der Waals surface area contributed by atoms with Crippen LogP contribution in [0.15, 0.2) is 12.2 Å². The van der Waals surface area contributed by atoms with E-state index in [0.29, 0.717) is 0 Å². The largest absolute Gasteiger partial charge is 0.479 e. The van der Waals surface area contributed by atoms with Gasteiger partial charge < -0.3 is 10.2 Å². The molecular formula is C11H14N2O5. The average molecular weight is 254 g/mol. The molecule has 98 valence electrons. The minimum atomic E-state index is -1.37. The van der Waals surface area contributed by atoms with Crippen LogP contribution >= 0.6 is 0 Å². The van der Waals surface area contributed by atoms with Crippen molar-refractivity contribution < 1.29 is 24.6 Å². The highest BCUT2D eigenvalue weighted by Crippen LogP contribution is 2.37. The number of carboxylic acid groups (broad SMARTS) is 1. The molecule has 7 nitrogen and oxygen atoms in total. The van der Waals surface area contributed by atoms with Crippen molar-refractivity contribution in [2.75, 3.05) is 13.2 Å². The Labute approximate surface area is 103 Å². The van der Waals surface area contributed by atoms with E-state index >= 15 is 0 Å². The lowest BCUT2D eigenvalue weighted by molar-refractivity contribution is -0.161. The van der Waals surface area contributed by atoms with Crippen LogP contribution in [-0.2, 0) is 14.4 Å². The van der Waals surface area contributed by atoms with E-state index in [4.69, 9.17) is 10.2 Å². The number of carbonyl (C=O) groups excluding carboxylic acids is 2. The fourth-order valence-electron chi connectivity index (χ4n) is 2.28. The van der Waals surface area contributed by atoms with Gasteiger partial charge in [-0.15, -0.1) is 0 Å². The smallest absolute Gasteiger partial charge is 0.332 e. The maximum absolute atomic E-state index is 12.2. The molecule has 7 heteroatoms. The molecule has 2 N–H and O–H groups in total. The molecule has 2 atom stereocenters. The van der Waals surface area contributed by atoms with Crippen LogP contribution in [0, 0.1) is 5.41 Å². The number of aliphatic hydroxyl groups excluding tert-OH is 1. The first-order valence-corrected chi connectivity index (χ1v) is 5.59. The van der Waals surface area contributed by atoms with Crippen LogP contribution in [-0.4, -0.2) is 57.2 Å². The Morgan fingerprint density at radius 2 is 2.17 bits per heavy atom. The molecule has 2 unspecified atom stereocenters. The maximum atomic E-state index is 12.2. The summed E-state index contributed by atoms with van der Waals surface area (Å²) in [6.45, 7) is 1.31. The second-order valence-corrected chi connectivity index (χ2v) is 4.55. The van der Waals surface area contributed by atoms with E-state index in [2.05, 4.69) is 0 Å². The van der Waals surface area contributed by atoms with Crippen LogP contribution in [0.3, 0.4) is 0 Å². The van der Waals surface area contributed by atoms with E-state index in [1.807, 2.05) is 0 Å². The number of nitrogens with zero attached hydrogens (tertiary/aromatic N) is 2. The van der Waals surface area contributed by atoms with Gasteiger partial charge >= 0.3 is 5.97 Å². The molecule has 0 radical (unpaired) electrons. The lowest BCUT2D eigenvalue weighted by Gasteiger charge is -2.33. The Bertz CT molecular complexity index is 447. The second kappa shape index (κ2) is 4.09. The first kappa shape index (κ1) is 12.6. The predicted molar refractivity (Wildman–Crippen MR) is 58.9 cm³/mol. The second-order valence-electron chi connectivity index (χ2n) is 4.55. The average Bonchev–Trinajstić information content (AvgIpc) is 2.52. The van der Waals surface area contributed by atoms with E-state index in [-0.39, 0.29) is 19.6 Å². The van der Waals surface area contributed by atoms with Crippen molar-refractivity contribution >= 4 is 17.8 Å². The standard InChI is InChI=1S/C11H14N2O5/c1-11(4-6-14)9(17)12-5-2-3-7(8(15)16)13(12)10(11)18/h2-3,7,14H,4-6H2,1H3,(H,15,16). The van der Waals surface area contributed by atoms with Gasteiger partial charge in [0.05, 0.1) is 6.54 Å². The SMILES string of the molecule is CC1(CCO)C(=O)N2CC=CC(C(=O)O)N2C1=O. The third-order valence-corrected chi connectivity index (χ3v) is 3.37. The van der Waals surface area contributed by atoms with E-state index < -0.39 is 29.2 Å². The van der Waals surface area contributed by atoms with Crippen LogP contribution in [0.4, 0.5) is 0 Å². The molecule has 0 spiro atoms. The number of amides is 2.